The Morgan fingerprint density at radius 3 is 1.78 bits per heavy atom. The Hall–Kier alpha value is 0.467. The monoisotopic (exact) mass is 360 g/mol. The van der Waals surface area contributed by atoms with Crippen LogP contribution in [0.4, 0.5) is 0 Å². The van der Waals surface area contributed by atoms with Gasteiger partial charge in [-0.3, -0.25) is 0 Å². The summed E-state index contributed by atoms with van der Waals surface area (Å²) >= 11 is 7.18. The zero-order valence-corrected chi connectivity index (χ0v) is 18.7. The molecule has 5 atom stereocenters. The van der Waals surface area contributed by atoms with Crippen molar-refractivity contribution in [3.8, 4) is 0 Å². The lowest BCUT2D eigenvalue weighted by atomic mass is 9.92. The molecule has 0 aromatic rings. The molecule has 1 aliphatic carbocycles. The molecule has 0 aromatic carbocycles. The highest BCUT2D eigenvalue weighted by atomic mass is 35.6. The Kier molecular flexibility index (Phi) is 8.15. The van der Waals surface area contributed by atoms with Crippen LogP contribution in [0, 0.1) is 23.7 Å². The van der Waals surface area contributed by atoms with Crippen molar-refractivity contribution < 1.29 is 4.74 Å². The number of rotatable bonds is 8. The van der Waals surface area contributed by atoms with Gasteiger partial charge < -0.3 is 4.74 Å². The van der Waals surface area contributed by atoms with Crippen LogP contribution in [0.2, 0.25) is 18.1 Å². The molecule has 0 saturated heterocycles. The minimum Gasteiger partial charge on any atom is -0.376 e. The lowest BCUT2D eigenvalue weighted by Crippen LogP contribution is -2.35. The summed E-state index contributed by atoms with van der Waals surface area (Å²) in [5.74, 6) is 3.26. The van der Waals surface area contributed by atoms with Crippen LogP contribution >= 0.6 is 11.1 Å². The van der Waals surface area contributed by atoms with Crippen molar-refractivity contribution in [2.24, 2.45) is 23.7 Å². The molecule has 0 amide bonds. The van der Waals surface area contributed by atoms with Crippen LogP contribution in [0.25, 0.3) is 0 Å². The summed E-state index contributed by atoms with van der Waals surface area (Å²) in [6.45, 7) is 19.5. The first-order valence-corrected chi connectivity index (χ1v) is 13.6. The summed E-state index contributed by atoms with van der Waals surface area (Å²) in [5, 5.41) is 0. The van der Waals surface area contributed by atoms with E-state index in [4.69, 9.17) is 15.8 Å². The maximum absolute atomic E-state index is 7.18. The van der Waals surface area contributed by atoms with E-state index in [1.165, 1.54) is 31.7 Å². The largest absolute Gasteiger partial charge is 0.376 e. The van der Waals surface area contributed by atoms with Gasteiger partial charge in [-0.15, -0.1) is 0 Å². The maximum Gasteiger partial charge on any atom is 0.157 e. The van der Waals surface area contributed by atoms with Gasteiger partial charge in [0.05, 0.1) is 5.60 Å². The Balaban J connectivity index is 2.31. The second-order valence-corrected chi connectivity index (χ2v) is 15.7. The van der Waals surface area contributed by atoms with E-state index in [-0.39, 0.29) is 5.60 Å². The van der Waals surface area contributed by atoms with Crippen molar-refractivity contribution in [3.63, 3.8) is 0 Å². The van der Waals surface area contributed by atoms with Crippen molar-refractivity contribution in [2.45, 2.75) is 97.9 Å². The smallest absolute Gasteiger partial charge is 0.157 e. The van der Waals surface area contributed by atoms with Gasteiger partial charge in [-0.05, 0) is 62.4 Å². The summed E-state index contributed by atoms with van der Waals surface area (Å²) in [7, 11) is -1.64. The summed E-state index contributed by atoms with van der Waals surface area (Å²) in [6, 6.07) is 1.29. The van der Waals surface area contributed by atoms with E-state index in [9.17, 15) is 0 Å². The summed E-state index contributed by atoms with van der Waals surface area (Å²) in [5.41, 5.74) is 0.794. The molecule has 0 heterocycles. The van der Waals surface area contributed by atoms with E-state index in [1.807, 2.05) is 0 Å². The van der Waals surface area contributed by atoms with Crippen molar-refractivity contribution in [1.82, 2.24) is 0 Å². The third kappa shape index (κ3) is 6.36. The van der Waals surface area contributed by atoms with E-state index < -0.39 is 7.38 Å². The standard InChI is InChI=1S/C20H41ClOSi/c1-15-16(2)18(4)19(17(15)3)23(8,21)14-12-10-9-11-13-22-20(5,6)7/h15-19H,9-14H2,1-8H3. The Morgan fingerprint density at radius 1 is 0.826 bits per heavy atom. The van der Waals surface area contributed by atoms with Crippen LogP contribution in [-0.4, -0.2) is 19.6 Å². The molecule has 1 fully saturated rings. The summed E-state index contributed by atoms with van der Waals surface area (Å²) in [6.07, 6.45) is 5.08. The quantitative estimate of drug-likeness (QED) is 0.254. The lowest BCUT2D eigenvalue weighted by Gasteiger charge is -2.34. The maximum atomic E-state index is 7.18. The summed E-state index contributed by atoms with van der Waals surface area (Å²) in [4.78, 5) is 0. The molecule has 1 aliphatic rings. The van der Waals surface area contributed by atoms with Crippen LogP contribution in [-0.2, 0) is 4.74 Å². The average molecular weight is 361 g/mol. The molecule has 0 radical (unpaired) electrons. The van der Waals surface area contributed by atoms with E-state index >= 15 is 0 Å². The average Bonchev–Trinajstić information content (AvgIpc) is 2.61. The van der Waals surface area contributed by atoms with Crippen LogP contribution in [0.5, 0.6) is 0 Å². The van der Waals surface area contributed by atoms with Gasteiger partial charge in [-0.2, -0.15) is 11.1 Å². The second kappa shape index (κ2) is 8.72. The number of halogens is 1. The van der Waals surface area contributed by atoms with E-state index in [0.717, 1.165) is 35.8 Å². The van der Waals surface area contributed by atoms with Crippen LogP contribution < -0.4 is 0 Å². The zero-order chi connectivity index (χ0) is 17.8. The molecule has 23 heavy (non-hydrogen) atoms. The summed E-state index contributed by atoms with van der Waals surface area (Å²) < 4.78 is 5.79. The Labute approximate surface area is 151 Å². The highest BCUT2D eigenvalue weighted by Crippen LogP contribution is 2.55. The molecule has 1 rings (SSSR count). The van der Waals surface area contributed by atoms with Gasteiger partial charge in [0.2, 0.25) is 0 Å². The third-order valence-corrected chi connectivity index (χ3v) is 11.5. The third-order valence-electron chi connectivity index (χ3n) is 6.41. The second-order valence-electron chi connectivity index (χ2n) is 9.37. The molecule has 1 saturated carbocycles. The molecule has 5 unspecified atom stereocenters. The topological polar surface area (TPSA) is 9.23 Å². The molecule has 0 aliphatic heterocycles. The normalized spacial score (nSPS) is 34.6. The van der Waals surface area contributed by atoms with Crippen LogP contribution in [0.15, 0.2) is 0 Å². The van der Waals surface area contributed by atoms with Gasteiger partial charge >= 0.3 is 0 Å². The first kappa shape index (κ1) is 21.5. The highest BCUT2D eigenvalue weighted by Gasteiger charge is 2.50. The molecule has 3 heteroatoms. The zero-order valence-electron chi connectivity index (χ0n) is 16.9. The Morgan fingerprint density at radius 2 is 1.30 bits per heavy atom. The molecule has 0 bridgehead atoms. The first-order chi connectivity index (χ1) is 10.5. The van der Waals surface area contributed by atoms with Gasteiger partial charge in [-0.1, -0.05) is 53.5 Å². The SMILES string of the molecule is CC1C(C)C(C)C([Si](C)(Cl)CCCCCCOC(C)(C)C)C1C. The number of hydrogen-bond acceptors (Lipinski definition) is 1. The lowest BCUT2D eigenvalue weighted by molar-refractivity contribution is -0.00471. The minimum absolute atomic E-state index is 0.00373. The van der Waals surface area contributed by atoms with Crippen LogP contribution in [0.3, 0.4) is 0 Å². The van der Waals surface area contributed by atoms with Crippen molar-refractivity contribution in [2.75, 3.05) is 6.61 Å². The number of hydrogen-bond donors (Lipinski definition) is 0. The van der Waals surface area contributed by atoms with Crippen molar-refractivity contribution in [3.05, 3.63) is 0 Å². The number of ether oxygens (including phenoxy) is 1. The first-order valence-electron chi connectivity index (χ1n) is 9.80. The fourth-order valence-corrected chi connectivity index (χ4v) is 10.3. The van der Waals surface area contributed by atoms with Crippen molar-refractivity contribution in [1.29, 1.82) is 0 Å². The number of unbranched alkanes of at least 4 members (excludes halogenated alkanes) is 3. The molecule has 1 nitrogen and oxygen atoms in total. The van der Waals surface area contributed by atoms with Gasteiger partial charge in [0.1, 0.15) is 0 Å². The van der Waals surface area contributed by atoms with Gasteiger partial charge in [0.25, 0.3) is 0 Å². The van der Waals surface area contributed by atoms with Gasteiger partial charge in [0, 0.05) is 6.61 Å². The van der Waals surface area contributed by atoms with Gasteiger partial charge in [0.15, 0.2) is 7.38 Å². The predicted molar refractivity (Wildman–Crippen MR) is 107 cm³/mol. The van der Waals surface area contributed by atoms with Gasteiger partial charge in [-0.25, -0.2) is 0 Å². The molecule has 0 spiro atoms. The fourth-order valence-electron chi connectivity index (χ4n) is 4.66. The Bertz CT molecular complexity index is 336. The van der Waals surface area contributed by atoms with E-state index in [2.05, 4.69) is 55.0 Å². The van der Waals surface area contributed by atoms with Crippen LogP contribution in [0.1, 0.15) is 74.1 Å². The van der Waals surface area contributed by atoms with Crippen molar-refractivity contribution >= 4 is 18.5 Å². The molecule has 0 aromatic heterocycles. The predicted octanol–water partition coefficient (Wildman–Crippen LogP) is 7.10. The van der Waals surface area contributed by atoms with E-state index in [1.54, 1.807) is 0 Å². The molecule has 0 N–H and O–H groups in total. The molecular formula is C20H41ClOSi. The highest BCUT2D eigenvalue weighted by molar-refractivity contribution is 7.20. The minimum atomic E-state index is -1.64. The molecular weight excluding hydrogens is 320 g/mol. The fraction of sp³-hybridized carbons (Fsp3) is 1.00. The molecule has 138 valence electrons. The van der Waals surface area contributed by atoms with E-state index in [0.29, 0.717) is 0 Å².